The Kier molecular flexibility index (Phi) is 4.57. The van der Waals surface area contributed by atoms with E-state index in [1.807, 2.05) is 33.0 Å². The van der Waals surface area contributed by atoms with Gasteiger partial charge in [-0.15, -0.1) is 0 Å². The van der Waals surface area contributed by atoms with Crippen LogP contribution < -0.4 is 10.6 Å². The first-order valence-electron chi connectivity index (χ1n) is 7.62. The number of hydrogen-bond donors (Lipinski definition) is 1. The van der Waals surface area contributed by atoms with Gasteiger partial charge < -0.3 is 15.5 Å². The topological polar surface area (TPSA) is 49.6 Å². The number of carbonyl (C=O) groups is 1. The van der Waals surface area contributed by atoms with Crippen LogP contribution in [0.1, 0.15) is 31.7 Å². The van der Waals surface area contributed by atoms with E-state index in [1.54, 1.807) is 0 Å². The summed E-state index contributed by atoms with van der Waals surface area (Å²) >= 11 is 0. The summed E-state index contributed by atoms with van der Waals surface area (Å²) in [6.07, 6.45) is 2.90. The number of carbonyl (C=O) groups excluding carboxylic acids is 1. The molecule has 0 aliphatic heterocycles. The zero-order chi connectivity index (χ0) is 15.6. The van der Waals surface area contributed by atoms with Crippen LogP contribution in [-0.2, 0) is 11.3 Å². The van der Waals surface area contributed by atoms with E-state index in [2.05, 4.69) is 29.2 Å². The zero-order valence-electron chi connectivity index (χ0n) is 13.6. The molecule has 1 aromatic carbocycles. The van der Waals surface area contributed by atoms with Gasteiger partial charge in [-0.3, -0.25) is 4.79 Å². The van der Waals surface area contributed by atoms with E-state index in [1.165, 1.54) is 0 Å². The molecule has 1 amide bonds. The molecular formula is C17H27N3O. The summed E-state index contributed by atoms with van der Waals surface area (Å²) in [6.45, 7) is 2.65. The molecule has 0 saturated heterocycles. The Bertz CT molecular complexity index is 497. The van der Waals surface area contributed by atoms with Crippen LogP contribution in [0.25, 0.3) is 0 Å². The molecule has 0 bridgehead atoms. The minimum absolute atomic E-state index is 0.0106. The van der Waals surface area contributed by atoms with E-state index in [-0.39, 0.29) is 11.9 Å². The summed E-state index contributed by atoms with van der Waals surface area (Å²) in [5.74, 6) is 0.171. The van der Waals surface area contributed by atoms with Crippen molar-refractivity contribution in [2.75, 3.05) is 26.0 Å². The molecule has 1 fully saturated rings. The van der Waals surface area contributed by atoms with Gasteiger partial charge >= 0.3 is 0 Å². The molecule has 1 aliphatic carbocycles. The van der Waals surface area contributed by atoms with Gasteiger partial charge in [-0.25, -0.2) is 0 Å². The van der Waals surface area contributed by atoms with Crippen molar-refractivity contribution < 1.29 is 4.79 Å². The number of hydrogen-bond acceptors (Lipinski definition) is 3. The van der Waals surface area contributed by atoms with Gasteiger partial charge in [0.1, 0.15) is 0 Å². The second kappa shape index (κ2) is 6.06. The average molecular weight is 289 g/mol. The summed E-state index contributed by atoms with van der Waals surface area (Å²) in [5, 5.41) is 0. The van der Waals surface area contributed by atoms with Crippen molar-refractivity contribution in [2.45, 2.75) is 38.8 Å². The Balaban J connectivity index is 2.04. The van der Waals surface area contributed by atoms with Gasteiger partial charge in [0.05, 0.1) is 5.41 Å². The largest absolute Gasteiger partial charge is 0.378 e. The van der Waals surface area contributed by atoms with E-state index in [9.17, 15) is 4.79 Å². The van der Waals surface area contributed by atoms with Crippen LogP contribution in [0.15, 0.2) is 24.3 Å². The number of rotatable bonds is 4. The van der Waals surface area contributed by atoms with Gasteiger partial charge in [0.15, 0.2) is 0 Å². The Hall–Kier alpha value is -1.55. The van der Waals surface area contributed by atoms with Crippen molar-refractivity contribution in [3.05, 3.63) is 29.8 Å². The van der Waals surface area contributed by atoms with Gasteiger partial charge in [0, 0.05) is 39.4 Å². The second-order valence-electron chi connectivity index (χ2n) is 6.64. The summed E-state index contributed by atoms with van der Waals surface area (Å²) in [7, 11) is 5.92. The molecule has 1 aliphatic rings. The lowest BCUT2D eigenvalue weighted by atomic mass is 9.83. The molecule has 4 heteroatoms. The number of nitrogens with zero attached hydrogens (tertiary/aromatic N) is 2. The summed E-state index contributed by atoms with van der Waals surface area (Å²) in [4.78, 5) is 16.6. The highest BCUT2D eigenvalue weighted by atomic mass is 16.2. The van der Waals surface area contributed by atoms with E-state index >= 15 is 0 Å². The van der Waals surface area contributed by atoms with Crippen molar-refractivity contribution >= 4 is 11.6 Å². The SMILES string of the molecule is CN(Cc1ccc(N(C)C)cc1)C(=O)C1(C)CCCC1N. The number of nitrogens with two attached hydrogens (primary N) is 1. The first kappa shape index (κ1) is 15.8. The summed E-state index contributed by atoms with van der Waals surface area (Å²) < 4.78 is 0. The fraction of sp³-hybridized carbons (Fsp3) is 0.588. The first-order valence-corrected chi connectivity index (χ1v) is 7.62. The van der Waals surface area contributed by atoms with Crippen LogP contribution in [-0.4, -0.2) is 38.0 Å². The van der Waals surface area contributed by atoms with Crippen molar-refractivity contribution in [1.82, 2.24) is 4.90 Å². The van der Waals surface area contributed by atoms with Crippen molar-refractivity contribution in [2.24, 2.45) is 11.1 Å². The monoisotopic (exact) mass is 289 g/mol. The van der Waals surface area contributed by atoms with Gasteiger partial charge in [0.25, 0.3) is 0 Å². The maximum Gasteiger partial charge on any atom is 0.230 e. The van der Waals surface area contributed by atoms with Crippen molar-refractivity contribution in [3.63, 3.8) is 0 Å². The van der Waals surface area contributed by atoms with Gasteiger partial charge in [0.2, 0.25) is 5.91 Å². The molecule has 0 heterocycles. The fourth-order valence-corrected chi connectivity index (χ4v) is 3.14. The van der Waals surface area contributed by atoms with Crippen LogP contribution >= 0.6 is 0 Å². The summed E-state index contributed by atoms with van der Waals surface area (Å²) in [5.41, 5.74) is 8.06. The predicted molar refractivity (Wildman–Crippen MR) is 87.2 cm³/mol. The van der Waals surface area contributed by atoms with E-state index in [0.717, 1.165) is 30.5 Å². The number of anilines is 1. The third-order valence-corrected chi connectivity index (χ3v) is 4.74. The summed E-state index contributed by atoms with van der Waals surface area (Å²) in [6, 6.07) is 8.31. The van der Waals surface area contributed by atoms with Crippen molar-refractivity contribution in [1.29, 1.82) is 0 Å². The molecule has 21 heavy (non-hydrogen) atoms. The maximum atomic E-state index is 12.7. The molecule has 4 nitrogen and oxygen atoms in total. The standard InChI is InChI=1S/C17H27N3O/c1-17(11-5-6-15(17)18)16(21)20(4)12-13-7-9-14(10-8-13)19(2)3/h7-10,15H,5-6,11-12,18H2,1-4H3. The third-order valence-electron chi connectivity index (χ3n) is 4.74. The number of benzene rings is 1. The highest BCUT2D eigenvalue weighted by Crippen LogP contribution is 2.38. The molecule has 2 rings (SSSR count). The van der Waals surface area contributed by atoms with Crippen LogP contribution in [0.2, 0.25) is 0 Å². The van der Waals surface area contributed by atoms with Gasteiger partial charge in [-0.05, 0) is 37.5 Å². The predicted octanol–water partition coefficient (Wildman–Crippen LogP) is 2.23. The highest BCUT2D eigenvalue weighted by molar-refractivity contribution is 5.83. The zero-order valence-corrected chi connectivity index (χ0v) is 13.6. The lowest BCUT2D eigenvalue weighted by molar-refractivity contribution is -0.140. The average Bonchev–Trinajstić information content (AvgIpc) is 2.79. The molecule has 1 aromatic rings. The Morgan fingerprint density at radius 3 is 2.38 bits per heavy atom. The molecule has 116 valence electrons. The number of amides is 1. The van der Waals surface area contributed by atoms with Gasteiger partial charge in [-0.1, -0.05) is 18.6 Å². The van der Waals surface area contributed by atoms with E-state index in [4.69, 9.17) is 5.73 Å². The Labute approximate surface area is 127 Å². The minimum atomic E-state index is -0.391. The van der Waals surface area contributed by atoms with E-state index < -0.39 is 5.41 Å². The second-order valence-corrected chi connectivity index (χ2v) is 6.64. The lowest BCUT2D eigenvalue weighted by Crippen LogP contribution is -2.47. The lowest BCUT2D eigenvalue weighted by Gasteiger charge is -2.32. The van der Waals surface area contributed by atoms with Crippen molar-refractivity contribution in [3.8, 4) is 0 Å². The molecule has 2 unspecified atom stereocenters. The highest BCUT2D eigenvalue weighted by Gasteiger charge is 2.44. The quantitative estimate of drug-likeness (QED) is 0.924. The normalized spacial score (nSPS) is 24.9. The van der Waals surface area contributed by atoms with Crippen LogP contribution in [0.5, 0.6) is 0 Å². The molecule has 0 radical (unpaired) electrons. The Morgan fingerprint density at radius 2 is 1.90 bits per heavy atom. The van der Waals surface area contributed by atoms with E-state index in [0.29, 0.717) is 6.54 Å². The first-order chi connectivity index (χ1) is 9.84. The minimum Gasteiger partial charge on any atom is -0.378 e. The molecule has 0 spiro atoms. The van der Waals surface area contributed by atoms with Crippen LogP contribution in [0, 0.1) is 5.41 Å². The molecule has 1 saturated carbocycles. The molecule has 0 aromatic heterocycles. The third kappa shape index (κ3) is 3.21. The maximum absolute atomic E-state index is 12.7. The van der Waals surface area contributed by atoms with Gasteiger partial charge in [-0.2, -0.15) is 0 Å². The molecular weight excluding hydrogens is 262 g/mol. The van der Waals surface area contributed by atoms with Crippen LogP contribution in [0.4, 0.5) is 5.69 Å². The Morgan fingerprint density at radius 1 is 1.29 bits per heavy atom. The van der Waals surface area contributed by atoms with Crippen LogP contribution in [0.3, 0.4) is 0 Å². The smallest absolute Gasteiger partial charge is 0.230 e. The molecule has 2 N–H and O–H groups in total. The fourth-order valence-electron chi connectivity index (χ4n) is 3.14. The molecule has 2 atom stereocenters.